The largest absolute Gasteiger partial charge is 0.330 e. The molecule has 0 aromatic heterocycles. The molecule has 1 aromatic rings. The van der Waals surface area contributed by atoms with Crippen molar-refractivity contribution in [2.45, 2.75) is 32.6 Å². The second-order valence-electron chi connectivity index (χ2n) is 5.55. The van der Waals surface area contributed by atoms with Crippen molar-refractivity contribution >= 4 is 0 Å². The summed E-state index contributed by atoms with van der Waals surface area (Å²) in [5.74, 6) is 0.776. The van der Waals surface area contributed by atoms with Crippen LogP contribution in [-0.2, 0) is 6.42 Å². The van der Waals surface area contributed by atoms with E-state index >= 15 is 0 Å². The van der Waals surface area contributed by atoms with Crippen LogP contribution in [0.2, 0.25) is 0 Å². The van der Waals surface area contributed by atoms with Gasteiger partial charge >= 0.3 is 0 Å². The molecule has 2 rings (SSSR count). The fourth-order valence-corrected chi connectivity index (χ4v) is 2.83. The highest BCUT2D eigenvalue weighted by Gasteiger charge is 2.17. The van der Waals surface area contributed by atoms with Gasteiger partial charge in [-0.05, 0) is 75.8 Å². The van der Waals surface area contributed by atoms with E-state index in [1.165, 1.54) is 56.4 Å². The molecule has 2 heteroatoms. The average Bonchev–Trinajstić information content (AvgIpc) is 2.42. The van der Waals surface area contributed by atoms with Gasteiger partial charge in [-0.15, -0.1) is 0 Å². The number of rotatable bonds is 5. The summed E-state index contributed by atoms with van der Waals surface area (Å²) in [6.45, 7) is 6.82. The summed E-state index contributed by atoms with van der Waals surface area (Å²) in [6, 6.07) is 8.74. The van der Waals surface area contributed by atoms with E-state index in [0.29, 0.717) is 0 Å². The highest BCUT2D eigenvalue weighted by atomic mass is 15.1. The molecule has 1 aliphatic rings. The third-order valence-corrected chi connectivity index (χ3v) is 4.22. The summed E-state index contributed by atoms with van der Waals surface area (Å²) in [6.07, 6.45) is 5.07. The number of hydrogen-bond donors (Lipinski definition) is 1. The molecule has 2 nitrogen and oxygen atoms in total. The molecule has 0 unspecified atom stereocenters. The van der Waals surface area contributed by atoms with E-state index in [1.807, 2.05) is 0 Å². The maximum atomic E-state index is 5.72. The van der Waals surface area contributed by atoms with E-state index < -0.39 is 0 Å². The molecule has 0 aliphatic carbocycles. The molecule has 1 saturated heterocycles. The van der Waals surface area contributed by atoms with Crippen LogP contribution in [-0.4, -0.2) is 31.1 Å². The molecule has 1 aromatic carbocycles. The predicted octanol–water partition coefficient (Wildman–Crippen LogP) is 2.60. The van der Waals surface area contributed by atoms with Gasteiger partial charge in [0, 0.05) is 0 Å². The van der Waals surface area contributed by atoms with Crippen LogP contribution in [0.15, 0.2) is 24.3 Å². The fourth-order valence-electron chi connectivity index (χ4n) is 2.83. The molecule has 0 amide bonds. The molecular formula is C16H26N2. The van der Waals surface area contributed by atoms with E-state index in [1.54, 1.807) is 0 Å². The Morgan fingerprint density at radius 1 is 1.22 bits per heavy atom. The monoisotopic (exact) mass is 246 g/mol. The summed E-state index contributed by atoms with van der Waals surface area (Å²) in [5, 5.41) is 0. The number of piperidine rings is 1. The molecule has 0 saturated carbocycles. The first-order valence-corrected chi connectivity index (χ1v) is 7.26. The van der Waals surface area contributed by atoms with Gasteiger partial charge in [0.2, 0.25) is 0 Å². The quantitative estimate of drug-likeness (QED) is 0.865. The highest BCUT2D eigenvalue weighted by Crippen LogP contribution is 2.16. The van der Waals surface area contributed by atoms with Crippen LogP contribution in [0, 0.1) is 12.8 Å². The SMILES string of the molecule is Cc1ccccc1CCCN1CCC(CN)CC1. The van der Waals surface area contributed by atoms with Crippen molar-refractivity contribution in [3.8, 4) is 0 Å². The maximum Gasteiger partial charge on any atom is -0.00156 e. The Morgan fingerprint density at radius 3 is 2.61 bits per heavy atom. The minimum absolute atomic E-state index is 0.776. The maximum absolute atomic E-state index is 5.72. The number of hydrogen-bond acceptors (Lipinski definition) is 2. The topological polar surface area (TPSA) is 29.3 Å². The summed E-state index contributed by atoms with van der Waals surface area (Å²) in [5.41, 5.74) is 8.66. The number of likely N-dealkylation sites (tertiary alicyclic amines) is 1. The Labute approximate surface area is 111 Å². The Kier molecular flexibility index (Phi) is 5.21. The lowest BCUT2D eigenvalue weighted by molar-refractivity contribution is 0.186. The van der Waals surface area contributed by atoms with Crippen LogP contribution in [0.3, 0.4) is 0 Å². The van der Waals surface area contributed by atoms with E-state index in [2.05, 4.69) is 36.1 Å². The summed E-state index contributed by atoms with van der Waals surface area (Å²) < 4.78 is 0. The Bertz CT molecular complexity index is 354. The molecule has 18 heavy (non-hydrogen) atoms. The van der Waals surface area contributed by atoms with Gasteiger partial charge in [-0.1, -0.05) is 24.3 Å². The van der Waals surface area contributed by atoms with Gasteiger partial charge < -0.3 is 10.6 Å². The van der Waals surface area contributed by atoms with Crippen LogP contribution < -0.4 is 5.73 Å². The third kappa shape index (κ3) is 3.82. The van der Waals surface area contributed by atoms with Gasteiger partial charge in [0.05, 0.1) is 0 Å². The minimum atomic E-state index is 0.776. The molecule has 1 heterocycles. The van der Waals surface area contributed by atoms with E-state index in [9.17, 15) is 0 Å². The first-order chi connectivity index (χ1) is 8.79. The van der Waals surface area contributed by atoms with Crippen molar-refractivity contribution in [2.24, 2.45) is 11.7 Å². The molecule has 0 radical (unpaired) electrons. The zero-order valence-electron chi connectivity index (χ0n) is 11.6. The van der Waals surface area contributed by atoms with Crippen LogP contribution in [0.5, 0.6) is 0 Å². The molecule has 1 aliphatic heterocycles. The zero-order valence-corrected chi connectivity index (χ0v) is 11.6. The van der Waals surface area contributed by atoms with Crippen LogP contribution in [0.25, 0.3) is 0 Å². The number of nitrogens with two attached hydrogens (primary N) is 1. The van der Waals surface area contributed by atoms with Crippen molar-refractivity contribution in [1.82, 2.24) is 4.90 Å². The average molecular weight is 246 g/mol. The lowest BCUT2D eigenvalue weighted by atomic mass is 9.96. The lowest BCUT2D eigenvalue weighted by Crippen LogP contribution is -2.36. The predicted molar refractivity (Wildman–Crippen MR) is 77.7 cm³/mol. The van der Waals surface area contributed by atoms with Crippen molar-refractivity contribution < 1.29 is 0 Å². The fraction of sp³-hybridized carbons (Fsp3) is 0.625. The van der Waals surface area contributed by atoms with Gasteiger partial charge in [0.1, 0.15) is 0 Å². The smallest absolute Gasteiger partial charge is 0.00156 e. The second-order valence-corrected chi connectivity index (χ2v) is 5.55. The molecule has 0 bridgehead atoms. The number of nitrogens with zero attached hydrogens (tertiary/aromatic N) is 1. The Balaban J connectivity index is 1.69. The van der Waals surface area contributed by atoms with Crippen LogP contribution in [0.4, 0.5) is 0 Å². The Morgan fingerprint density at radius 2 is 1.94 bits per heavy atom. The molecule has 0 atom stereocenters. The number of benzene rings is 1. The van der Waals surface area contributed by atoms with Crippen LogP contribution >= 0.6 is 0 Å². The second kappa shape index (κ2) is 6.91. The first kappa shape index (κ1) is 13.6. The Hall–Kier alpha value is -0.860. The summed E-state index contributed by atoms with van der Waals surface area (Å²) >= 11 is 0. The molecule has 1 fully saturated rings. The molecule has 100 valence electrons. The minimum Gasteiger partial charge on any atom is -0.330 e. The summed E-state index contributed by atoms with van der Waals surface area (Å²) in [7, 11) is 0. The first-order valence-electron chi connectivity index (χ1n) is 7.26. The van der Waals surface area contributed by atoms with E-state index in [0.717, 1.165) is 12.5 Å². The number of aryl methyl sites for hydroxylation is 2. The molecule has 2 N–H and O–H groups in total. The standard InChI is InChI=1S/C16H26N2/c1-14-5-2-3-6-16(14)7-4-10-18-11-8-15(13-17)9-12-18/h2-3,5-6,15H,4,7-13,17H2,1H3. The van der Waals surface area contributed by atoms with Crippen molar-refractivity contribution in [2.75, 3.05) is 26.2 Å². The van der Waals surface area contributed by atoms with Crippen molar-refractivity contribution in [3.05, 3.63) is 35.4 Å². The van der Waals surface area contributed by atoms with E-state index in [-0.39, 0.29) is 0 Å². The summed E-state index contributed by atoms with van der Waals surface area (Å²) in [4.78, 5) is 2.60. The molecule has 0 spiro atoms. The molecular weight excluding hydrogens is 220 g/mol. The van der Waals surface area contributed by atoms with Crippen molar-refractivity contribution in [3.63, 3.8) is 0 Å². The zero-order chi connectivity index (χ0) is 12.8. The normalized spacial score (nSPS) is 18.1. The lowest BCUT2D eigenvalue weighted by Gasteiger charge is -2.31. The van der Waals surface area contributed by atoms with Crippen molar-refractivity contribution in [1.29, 1.82) is 0 Å². The van der Waals surface area contributed by atoms with Gasteiger partial charge in [-0.25, -0.2) is 0 Å². The van der Waals surface area contributed by atoms with E-state index in [4.69, 9.17) is 5.73 Å². The third-order valence-electron chi connectivity index (χ3n) is 4.22. The van der Waals surface area contributed by atoms with Gasteiger partial charge in [0.25, 0.3) is 0 Å². The van der Waals surface area contributed by atoms with Gasteiger partial charge in [0.15, 0.2) is 0 Å². The van der Waals surface area contributed by atoms with Gasteiger partial charge in [-0.2, -0.15) is 0 Å². The van der Waals surface area contributed by atoms with Gasteiger partial charge in [-0.3, -0.25) is 0 Å². The van der Waals surface area contributed by atoms with Crippen LogP contribution in [0.1, 0.15) is 30.4 Å². The highest BCUT2D eigenvalue weighted by molar-refractivity contribution is 5.25.